The molecule has 2 aliphatic rings. The molecule has 2 fully saturated rings. The van der Waals surface area contributed by atoms with Gasteiger partial charge >= 0.3 is 0 Å². The number of nitrogens with zero attached hydrogens (tertiary/aromatic N) is 1. The topological polar surface area (TPSA) is 21.7 Å². The van der Waals surface area contributed by atoms with Gasteiger partial charge in [-0.1, -0.05) is 0 Å². The van der Waals surface area contributed by atoms with E-state index in [9.17, 15) is 0 Å². The first-order valence-electron chi connectivity index (χ1n) is 5.71. The zero-order valence-electron chi connectivity index (χ0n) is 9.08. The van der Waals surface area contributed by atoms with E-state index >= 15 is 0 Å². The van der Waals surface area contributed by atoms with Crippen molar-refractivity contribution in [1.29, 1.82) is 0 Å². The van der Waals surface area contributed by atoms with Gasteiger partial charge in [0.05, 0.1) is 13.2 Å². The lowest BCUT2D eigenvalue weighted by Crippen LogP contribution is -2.34. The van der Waals surface area contributed by atoms with Crippen LogP contribution in [-0.2, 0) is 9.47 Å². The van der Waals surface area contributed by atoms with Gasteiger partial charge in [0, 0.05) is 32.8 Å². The van der Waals surface area contributed by atoms with Gasteiger partial charge in [0.2, 0.25) is 0 Å². The van der Waals surface area contributed by atoms with Gasteiger partial charge in [-0.2, -0.15) is 0 Å². The summed E-state index contributed by atoms with van der Waals surface area (Å²) >= 11 is 0. The Morgan fingerprint density at radius 2 is 2.21 bits per heavy atom. The molecule has 0 bridgehead atoms. The van der Waals surface area contributed by atoms with Crippen molar-refractivity contribution in [1.82, 2.24) is 4.90 Å². The summed E-state index contributed by atoms with van der Waals surface area (Å²) in [7, 11) is 1.78. The molecule has 2 rings (SSSR count). The van der Waals surface area contributed by atoms with Crippen LogP contribution in [0.1, 0.15) is 19.3 Å². The molecule has 1 saturated heterocycles. The number of methoxy groups -OCH3 is 1. The average Bonchev–Trinajstić information content (AvgIpc) is 2.92. The van der Waals surface area contributed by atoms with E-state index in [1.807, 2.05) is 0 Å². The molecule has 1 aliphatic heterocycles. The summed E-state index contributed by atoms with van der Waals surface area (Å²) < 4.78 is 10.5. The molecular formula is C11H21NO2. The summed E-state index contributed by atoms with van der Waals surface area (Å²) in [6.45, 7) is 5.11. The molecule has 1 heterocycles. The first-order valence-corrected chi connectivity index (χ1v) is 5.71. The lowest BCUT2D eigenvalue weighted by atomic mass is 10.1. The molecule has 1 saturated carbocycles. The largest absolute Gasteiger partial charge is 0.383 e. The van der Waals surface area contributed by atoms with Crippen LogP contribution in [0, 0.1) is 5.92 Å². The number of hydrogen-bond donors (Lipinski definition) is 0. The summed E-state index contributed by atoms with van der Waals surface area (Å²) in [4.78, 5) is 2.59. The summed E-state index contributed by atoms with van der Waals surface area (Å²) in [6, 6.07) is 0.853. The Morgan fingerprint density at radius 1 is 1.36 bits per heavy atom. The third-order valence-corrected chi connectivity index (χ3v) is 3.16. The highest BCUT2D eigenvalue weighted by molar-refractivity contribution is 4.86. The van der Waals surface area contributed by atoms with Crippen molar-refractivity contribution in [2.24, 2.45) is 5.92 Å². The second-order valence-corrected chi connectivity index (χ2v) is 4.45. The minimum Gasteiger partial charge on any atom is -0.383 e. The zero-order valence-corrected chi connectivity index (χ0v) is 9.08. The highest BCUT2D eigenvalue weighted by Crippen LogP contribution is 2.28. The minimum absolute atomic E-state index is 0.771. The van der Waals surface area contributed by atoms with Crippen molar-refractivity contribution in [2.45, 2.75) is 25.3 Å². The summed E-state index contributed by atoms with van der Waals surface area (Å²) in [5.41, 5.74) is 0. The number of ether oxygens (including phenoxy) is 2. The van der Waals surface area contributed by atoms with Gasteiger partial charge < -0.3 is 9.47 Å². The predicted octanol–water partition coefficient (Wildman–Crippen LogP) is 1.13. The molecule has 3 heteroatoms. The Morgan fingerprint density at radius 3 is 2.79 bits per heavy atom. The van der Waals surface area contributed by atoms with E-state index in [0.717, 1.165) is 38.3 Å². The average molecular weight is 199 g/mol. The van der Waals surface area contributed by atoms with Gasteiger partial charge in [-0.05, 0) is 25.2 Å². The van der Waals surface area contributed by atoms with Crippen LogP contribution in [0.4, 0.5) is 0 Å². The van der Waals surface area contributed by atoms with E-state index in [-0.39, 0.29) is 0 Å². The molecule has 1 atom stereocenters. The molecule has 0 aromatic carbocycles. The number of hydrogen-bond acceptors (Lipinski definition) is 3. The molecule has 0 aromatic rings. The number of rotatable bonds is 6. The van der Waals surface area contributed by atoms with E-state index in [0.29, 0.717) is 0 Å². The van der Waals surface area contributed by atoms with E-state index in [1.54, 1.807) is 7.11 Å². The van der Waals surface area contributed by atoms with E-state index in [4.69, 9.17) is 9.47 Å². The first-order chi connectivity index (χ1) is 6.90. The molecule has 0 N–H and O–H groups in total. The summed E-state index contributed by atoms with van der Waals surface area (Å²) in [5.74, 6) is 0.771. The fourth-order valence-electron chi connectivity index (χ4n) is 2.13. The second-order valence-electron chi connectivity index (χ2n) is 4.45. The van der Waals surface area contributed by atoms with E-state index in [2.05, 4.69) is 4.90 Å². The maximum Gasteiger partial charge on any atom is 0.0589 e. The lowest BCUT2D eigenvalue weighted by molar-refractivity contribution is 0.124. The van der Waals surface area contributed by atoms with Crippen LogP contribution >= 0.6 is 0 Å². The highest BCUT2D eigenvalue weighted by Gasteiger charge is 2.31. The van der Waals surface area contributed by atoms with E-state index in [1.165, 1.54) is 25.8 Å². The molecule has 3 nitrogen and oxygen atoms in total. The van der Waals surface area contributed by atoms with Crippen molar-refractivity contribution in [3.05, 3.63) is 0 Å². The Labute approximate surface area is 86.4 Å². The molecule has 82 valence electrons. The maximum absolute atomic E-state index is 5.40. The van der Waals surface area contributed by atoms with E-state index < -0.39 is 0 Å². The molecule has 0 aromatic heterocycles. The fourth-order valence-corrected chi connectivity index (χ4v) is 2.13. The first kappa shape index (κ1) is 10.4. The minimum atomic E-state index is 0.771. The Kier molecular flexibility index (Phi) is 3.79. The van der Waals surface area contributed by atoms with Crippen LogP contribution in [-0.4, -0.2) is 51.0 Å². The van der Waals surface area contributed by atoms with Gasteiger partial charge in [0.1, 0.15) is 0 Å². The molecule has 0 spiro atoms. The molecular weight excluding hydrogens is 178 g/mol. The maximum atomic E-state index is 5.40. The quantitative estimate of drug-likeness (QED) is 0.640. The van der Waals surface area contributed by atoms with Crippen molar-refractivity contribution in [2.75, 3.05) is 40.0 Å². The van der Waals surface area contributed by atoms with Crippen LogP contribution in [0.2, 0.25) is 0 Å². The van der Waals surface area contributed by atoms with Crippen molar-refractivity contribution >= 4 is 0 Å². The Hall–Kier alpha value is -0.120. The predicted molar refractivity (Wildman–Crippen MR) is 55.4 cm³/mol. The zero-order chi connectivity index (χ0) is 9.80. The van der Waals surface area contributed by atoms with Crippen molar-refractivity contribution in [3.8, 4) is 0 Å². The van der Waals surface area contributed by atoms with Crippen molar-refractivity contribution < 1.29 is 9.47 Å². The van der Waals surface area contributed by atoms with Crippen LogP contribution in [0.5, 0.6) is 0 Å². The normalized spacial score (nSPS) is 27.4. The van der Waals surface area contributed by atoms with Crippen LogP contribution < -0.4 is 0 Å². The molecule has 0 radical (unpaired) electrons. The molecule has 14 heavy (non-hydrogen) atoms. The van der Waals surface area contributed by atoms with Gasteiger partial charge in [-0.15, -0.1) is 0 Å². The fraction of sp³-hybridized carbons (Fsp3) is 1.00. The van der Waals surface area contributed by atoms with Gasteiger partial charge in [0.15, 0.2) is 0 Å². The highest BCUT2D eigenvalue weighted by atomic mass is 16.5. The third-order valence-electron chi connectivity index (χ3n) is 3.16. The molecule has 0 amide bonds. The molecule has 1 aliphatic carbocycles. The van der Waals surface area contributed by atoms with Crippen LogP contribution in [0.3, 0.4) is 0 Å². The van der Waals surface area contributed by atoms with Crippen LogP contribution in [0.15, 0.2) is 0 Å². The molecule has 1 unspecified atom stereocenters. The monoisotopic (exact) mass is 199 g/mol. The van der Waals surface area contributed by atoms with Gasteiger partial charge in [-0.25, -0.2) is 0 Å². The third kappa shape index (κ3) is 2.94. The second kappa shape index (κ2) is 5.10. The summed E-state index contributed by atoms with van der Waals surface area (Å²) in [5, 5.41) is 0. The van der Waals surface area contributed by atoms with Crippen molar-refractivity contribution in [3.63, 3.8) is 0 Å². The summed E-state index contributed by atoms with van der Waals surface area (Å²) in [6.07, 6.45) is 4.02. The van der Waals surface area contributed by atoms with Crippen LogP contribution in [0.25, 0.3) is 0 Å². The lowest BCUT2D eigenvalue weighted by Gasteiger charge is -2.24. The van der Waals surface area contributed by atoms with Gasteiger partial charge in [0.25, 0.3) is 0 Å². The SMILES string of the molecule is COCCN(CC1CCOC1)C1CC1. The Balaban J connectivity index is 1.71. The standard InChI is InChI=1S/C11H21NO2/c1-13-7-5-12(11-2-3-11)8-10-4-6-14-9-10/h10-11H,2-9H2,1H3. The van der Waals surface area contributed by atoms with Gasteiger partial charge in [-0.3, -0.25) is 4.90 Å². The Bertz CT molecular complexity index is 165. The smallest absolute Gasteiger partial charge is 0.0589 e.